The summed E-state index contributed by atoms with van der Waals surface area (Å²) in [5, 5.41) is 3.76. The molecule has 1 heterocycles. The van der Waals surface area contributed by atoms with E-state index in [9.17, 15) is 4.79 Å². The first-order valence-electron chi connectivity index (χ1n) is 6.21. The molecule has 98 valence electrons. The standard InChI is InChI=1S/C15H16N2OS/c1-3-7-10(4-2)17-15(18)14-13(16)11-8-5-6-9-12(11)19-14/h2,5-6,8-10H,3,7,16H2,1H3,(H,17,18). The number of rotatable bonds is 4. The third-order valence-electron chi connectivity index (χ3n) is 2.92. The van der Waals surface area contributed by atoms with Crippen LogP contribution in [0.1, 0.15) is 29.4 Å². The Morgan fingerprint density at radius 3 is 2.89 bits per heavy atom. The fourth-order valence-electron chi connectivity index (χ4n) is 1.94. The van der Waals surface area contributed by atoms with E-state index in [0.29, 0.717) is 10.6 Å². The summed E-state index contributed by atoms with van der Waals surface area (Å²) >= 11 is 1.40. The first kappa shape index (κ1) is 13.4. The van der Waals surface area contributed by atoms with E-state index in [1.54, 1.807) is 0 Å². The average molecular weight is 272 g/mol. The van der Waals surface area contributed by atoms with Crippen LogP contribution >= 0.6 is 11.3 Å². The molecule has 0 saturated heterocycles. The molecule has 1 aromatic carbocycles. The summed E-state index contributed by atoms with van der Waals surface area (Å²) in [4.78, 5) is 12.7. The molecule has 1 amide bonds. The molecule has 1 atom stereocenters. The summed E-state index contributed by atoms with van der Waals surface area (Å²) in [5.41, 5.74) is 6.56. The van der Waals surface area contributed by atoms with E-state index in [2.05, 4.69) is 11.2 Å². The van der Waals surface area contributed by atoms with Gasteiger partial charge in [-0.2, -0.15) is 0 Å². The van der Waals surface area contributed by atoms with E-state index in [1.165, 1.54) is 11.3 Å². The number of amides is 1. The fourth-order valence-corrected chi connectivity index (χ4v) is 2.97. The minimum atomic E-state index is -0.234. The van der Waals surface area contributed by atoms with Crippen LogP contribution in [-0.2, 0) is 0 Å². The van der Waals surface area contributed by atoms with Gasteiger partial charge in [0.05, 0.1) is 11.7 Å². The molecular weight excluding hydrogens is 256 g/mol. The van der Waals surface area contributed by atoms with E-state index in [4.69, 9.17) is 12.2 Å². The Labute approximate surface area is 116 Å². The zero-order chi connectivity index (χ0) is 13.8. The van der Waals surface area contributed by atoms with Gasteiger partial charge < -0.3 is 11.1 Å². The Kier molecular flexibility index (Phi) is 4.08. The minimum Gasteiger partial charge on any atom is -0.397 e. The van der Waals surface area contributed by atoms with Crippen molar-refractivity contribution in [3.05, 3.63) is 29.1 Å². The molecule has 3 nitrogen and oxygen atoms in total. The largest absolute Gasteiger partial charge is 0.397 e. The summed E-state index contributed by atoms with van der Waals surface area (Å²) in [6, 6.07) is 7.48. The van der Waals surface area contributed by atoms with Gasteiger partial charge in [-0.25, -0.2) is 0 Å². The van der Waals surface area contributed by atoms with Gasteiger partial charge in [-0.15, -0.1) is 17.8 Å². The van der Waals surface area contributed by atoms with Gasteiger partial charge in [-0.3, -0.25) is 4.79 Å². The Balaban J connectivity index is 2.27. The average Bonchev–Trinajstić information content (AvgIpc) is 2.76. The molecule has 1 aromatic heterocycles. The molecule has 0 aliphatic heterocycles. The lowest BCUT2D eigenvalue weighted by Crippen LogP contribution is -2.33. The van der Waals surface area contributed by atoms with Gasteiger partial charge >= 0.3 is 0 Å². The Morgan fingerprint density at radius 2 is 2.26 bits per heavy atom. The Hall–Kier alpha value is -1.99. The van der Waals surface area contributed by atoms with Crippen LogP contribution in [0, 0.1) is 12.3 Å². The van der Waals surface area contributed by atoms with Crippen molar-refractivity contribution in [2.45, 2.75) is 25.8 Å². The summed E-state index contributed by atoms with van der Waals surface area (Å²) in [7, 11) is 0. The molecule has 1 unspecified atom stereocenters. The van der Waals surface area contributed by atoms with Gasteiger partial charge in [0.2, 0.25) is 0 Å². The maximum absolute atomic E-state index is 12.2. The molecule has 0 aliphatic carbocycles. The number of hydrogen-bond donors (Lipinski definition) is 2. The molecule has 0 spiro atoms. The molecule has 3 N–H and O–H groups in total. The highest BCUT2D eigenvalue weighted by atomic mass is 32.1. The van der Waals surface area contributed by atoms with Gasteiger partial charge in [-0.05, 0) is 12.5 Å². The summed E-state index contributed by atoms with van der Waals surface area (Å²) in [5.74, 6) is 2.40. The number of terminal acetylenes is 1. The second kappa shape index (κ2) is 5.77. The Bertz CT molecular complexity index is 639. The number of benzene rings is 1. The molecule has 19 heavy (non-hydrogen) atoms. The molecule has 2 aromatic rings. The third kappa shape index (κ3) is 2.72. The highest BCUT2D eigenvalue weighted by Gasteiger charge is 2.18. The van der Waals surface area contributed by atoms with E-state index < -0.39 is 0 Å². The van der Waals surface area contributed by atoms with Crippen LogP contribution in [0.3, 0.4) is 0 Å². The van der Waals surface area contributed by atoms with E-state index in [0.717, 1.165) is 22.9 Å². The second-order valence-corrected chi connectivity index (χ2v) is 5.37. The lowest BCUT2D eigenvalue weighted by molar-refractivity contribution is 0.0949. The number of hydrogen-bond acceptors (Lipinski definition) is 3. The van der Waals surface area contributed by atoms with Crippen LogP contribution < -0.4 is 11.1 Å². The predicted molar refractivity (Wildman–Crippen MR) is 81.2 cm³/mol. The van der Waals surface area contributed by atoms with Crippen molar-refractivity contribution in [1.82, 2.24) is 5.32 Å². The van der Waals surface area contributed by atoms with E-state index in [-0.39, 0.29) is 11.9 Å². The molecule has 2 rings (SSSR count). The number of anilines is 1. The normalized spacial score (nSPS) is 12.0. The highest BCUT2D eigenvalue weighted by molar-refractivity contribution is 7.21. The summed E-state index contributed by atoms with van der Waals surface area (Å²) < 4.78 is 1.01. The van der Waals surface area contributed by atoms with Gasteiger partial charge in [0.25, 0.3) is 5.91 Å². The van der Waals surface area contributed by atoms with Crippen LogP contribution in [-0.4, -0.2) is 11.9 Å². The number of thiophene rings is 1. The second-order valence-electron chi connectivity index (χ2n) is 4.32. The van der Waals surface area contributed by atoms with Crippen molar-refractivity contribution in [2.24, 2.45) is 0 Å². The van der Waals surface area contributed by atoms with Crippen molar-refractivity contribution in [3.63, 3.8) is 0 Å². The lowest BCUT2D eigenvalue weighted by Gasteiger charge is -2.11. The van der Waals surface area contributed by atoms with Gasteiger partial charge in [0.1, 0.15) is 4.88 Å². The van der Waals surface area contributed by atoms with E-state index >= 15 is 0 Å². The zero-order valence-electron chi connectivity index (χ0n) is 10.8. The SMILES string of the molecule is C#CC(CCC)NC(=O)c1sc2ccccc2c1N. The molecule has 0 aliphatic rings. The topological polar surface area (TPSA) is 55.1 Å². The summed E-state index contributed by atoms with van der Waals surface area (Å²) in [6.45, 7) is 2.03. The number of carbonyl (C=O) groups excluding carboxylic acids is 1. The fraction of sp³-hybridized carbons (Fsp3) is 0.267. The smallest absolute Gasteiger partial charge is 0.264 e. The first-order valence-corrected chi connectivity index (χ1v) is 7.03. The van der Waals surface area contributed by atoms with Gasteiger partial charge in [0, 0.05) is 10.1 Å². The van der Waals surface area contributed by atoms with Crippen LogP contribution in [0.5, 0.6) is 0 Å². The minimum absolute atomic E-state index is 0.185. The predicted octanol–water partition coefficient (Wildman–Crippen LogP) is 3.02. The number of fused-ring (bicyclic) bond motifs is 1. The number of nitrogen functional groups attached to an aromatic ring is 1. The number of nitrogens with one attached hydrogen (secondary N) is 1. The number of carbonyl (C=O) groups is 1. The molecule has 0 radical (unpaired) electrons. The Morgan fingerprint density at radius 1 is 1.53 bits per heavy atom. The van der Waals surface area contributed by atoms with E-state index in [1.807, 2.05) is 31.2 Å². The molecule has 4 heteroatoms. The maximum Gasteiger partial charge on any atom is 0.264 e. The van der Waals surface area contributed by atoms with Crippen molar-refractivity contribution < 1.29 is 4.79 Å². The molecule has 0 saturated carbocycles. The summed E-state index contributed by atoms with van der Waals surface area (Å²) in [6.07, 6.45) is 7.10. The molecule has 0 fully saturated rings. The lowest BCUT2D eigenvalue weighted by atomic mass is 10.1. The molecular formula is C15H16N2OS. The maximum atomic E-state index is 12.2. The van der Waals surface area contributed by atoms with Crippen LogP contribution in [0.15, 0.2) is 24.3 Å². The van der Waals surface area contributed by atoms with Crippen molar-refractivity contribution in [1.29, 1.82) is 0 Å². The quantitative estimate of drug-likeness (QED) is 0.841. The number of nitrogens with two attached hydrogens (primary N) is 1. The van der Waals surface area contributed by atoms with Crippen molar-refractivity contribution in [2.75, 3.05) is 5.73 Å². The van der Waals surface area contributed by atoms with Gasteiger partial charge in [-0.1, -0.05) is 37.5 Å². The van der Waals surface area contributed by atoms with Crippen molar-refractivity contribution in [3.8, 4) is 12.3 Å². The van der Waals surface area contributed by atoms with Gasteiger partial charge in [0.15, 0.2) is 0 Å². The van der Waals surface area contributed by atoms with Crippen LogP contribution in [0.2, 0.25) is 0 Å². The van der Waals surface area contributed by atoms with Crippen LogP contribution in [0.4, 0.5) is 5.69 Å². The molecule has 0 bridgehead atoms. The van der Waals surface area contributed by atoms with Crippen molar-refractivity contribution >= 4 is 33.0 Å². The monoisotopic (exact) mass is 272 g/mol. The highest BCUT2D eigenvalue weighted by Crippen LogP contribution is 2.33. The zero-order valence-corrected chi connectivity index (χ0v) is 11.6. The first-order chi connectivity index (χ1) is 9.17. The third-order valence-corrected chi connectivity index (χ3v) is 4.11. The van der Waals surface area contributed by atoms with Crippen LogP contribution in [0.25, 0.3) is 10.1 Å².